The summed E-state index contributed by atoms with van der Waals surface area (Å²) in [6, 6.07) is 9.81. The van der Waals surface area contributed by atoms with Gasteiger partial charge in [0.1, 0.15) is 6.61 Å². The Morgan fingerprint density at radius 3 is 2.75 bits per heavy atom. The topological polar surface area (TPSA) is 43.4 Å². The van der Waals surface area contributed by atoms with Crippen LogP contribution in [0.4, 0.5) is 5.69 Å². The molecule has 0 saturated carbocycles. The Hall–Kier alpha value is -2.23. The average molecular weight is 272 g/mol. The molecule has 2 rings (SSSR count). The molecule has 0 saturated heterocycles. The first kappa shape index (κ1) is 14.2. The molecule has 1 N–H and O–H groups in total. The van der Waals surface area contributed by atoms with Gasteiger partial charge in [-0.25, -0.2) is 0 Å². The summed E-state index contributed by atoms with van der Waals surface area (Å²) in [5.74, 6) is 1.47. The Labute approximate surface area is 119 Å². The largest absolute Gasteiger partial charge is 0.493 e. The van der Waals surface area contributed by atoms with Crippen LogP contribution in [0.5, 0.6) is 11.5 Å². The molecule has 2 aromatic rings. The van der Waals surface area contributed by atoms with Crippen LogP contribution in [-0.4, -0.2) is 18.6 Å². The van der Waals surface area contributed by atoms with Gasteiger partial charge >= 0.3 is 0 Å². The fourth-order valence-electron chi connectivity index (χ4n) is 1.92. The number of pyridine rings is 1. The molecular weight excluding hydrogens is 252 g/mol. The van der Waals surface area contributed by atoms with Crippen LogP contribution in [0, 0.1) is 6.92 Å². The van der Waals surface area contributed by atoms with Crippen molar-refractivity contribution in [2.45, 2.75) is 20.5 Å². The normalized spacial score (nSPS) is 10.2. The van der Waals surface area contributed by atoms with Crippen molar-refractivity contribution >= 4 is 5.69 Å². The van der Waals surface area contributed by atoms with E-state index >= 15 is 0 Å². The van der Waals surface area contributed by atoms with E-state index in [0.29, 0.717) is 6.61 Å². The van der Waals surface area contributed by atoms with E-state index in [1.165, 1.54) is 0 Å². The van der Waals surface area contributed by atoms with Crippen LogP contribution in [0.25, 0.3) is 0 Å². The number of hydrogen-bond acceptors (Lipinski definition) is 4. The van der Waals surface area contributed by atoms with Crippen LogP contribution in [0.2, 0.25) is 0 Å². The van der Waals surface area contributed by atoms with Gasteiger partial charge in [-0.15, -0.1) is 0 Å². The van der Waals surface area contributed by atoms with Gasteiger partial charge in [0.25, 0.3) is 0 Å². The second-order valence-corrected chi connectivity index (χ2v) is 4.51. The van der Waals surface area contributed by atoms with Crippen LogP contribution in [0.15, 0.2) is 36.5 Å². The fraction of sp³-hybridized carbons (Fsp3) is 0.312. The zero-order valence-electron chi connectivity index (χ0n) is 12.1. The molecule has 0 aliphatic heterocycles. The van der Waals surface area contributed by atoms with Crippen molar-refractivity contribution in [3.05, 3.63) is 47.8 Å². The highest BCUT2D eigenvalue weighted by Gasteiger charge is 2.05. The second-order valence-electron chi connectivity index (χ2n) is 4.51. The lowest BCUT2D eigenvalue weighted by Gasteiger charge is -2.11. The minimum absolute atomic E-state index is 0.415. The van der Waals surface area contributed by atoms with Gasteiger partial charge < -0.3 is 14.8 Å². The number of nitrogens with zero attached hydrogens (tertiary/aromatic N) is 1. The average Bonchev–Trinajstić information content (AvgIpc) is 2.46. The zero-order valence-corrected chi connectivity index (χ0v) is 12.1. The third kappa shape index (κ3) is 3.63. The molecule has 0 fully saturated rings. The Morgan fingerprint density at radius 2 is 2.00 bits per heavy atom. The van der Waals surface area contributed by atoms with Gasteiger partial charge in [-0.1, -0.05) is 6.07 Å². The van der Waals surface area contributed by atoms with Crippen LogP contribution in [-0.2, 0) is 6.61 Å². The zero-order chi connectivity index (χ0) is 14.4. The molecule has 0 radical (unpaired) electrons. The van der Waals surface area contributed by atoms with Gasteiger partial charge in [0, 0.05) is 18.4 Å². The monoisotopic (exact) mass is 272 g/mol. The van der Waals surface area contributed by atoms with Crippen molar-refractivity contribution in [3.63, 3.8) is 0 Å². The Balaban J connectivity index is 2.06. The first-order valence-corrected chi connectivity index (χ1v) is 6.69. The number of ether oxygens (including phenoxy) is 2. The molecule has 0 spiro atoms. The maximum Gasteiger partial charge on any atom is 0.161 e. The molecule has 0 bridgehead atoms. The van der Waals surface area contributed by atoms with E-state index in [1.807, 2.05) is 37.3 Å². The van der Waals surface area contributed by atoms with Crippen LogP contribution >= 0.6 is 0 Å². The summed E-state index contributed by atoms with van der Waals surface area (Å²) in [6.45, 7) is 5.39. The molecular formula is C16H20N2O2. The molecule has 0 unspecified atom stereocenters. The number of rotatable bonds is 6. The third-order valence-corrected chi connectivity index (χ3v) is 2.89. The maximum atomic E-state index is 5.79. The van der Waals surface area contributed by atoms with E-state index in [0.717, 1.165) is 35.0 Å². The number of aromatic nitrogens is 1. The summed E-state index contributed by atoms with van der Waals surface area (Å²) in [5, 5.41) is 3.26. The highest BCUT2D eigenvalue weighted by molar-refractivity contribution is 5.44. The SMILES string of the molecule is CCNc1ccnc(COc2ccc(C)cc2OC)c1. The highest BCUT2D eigenvalue weighted by atomic mass is 16.5. The van der Waals surface area contributed by atoms with Gasteiger partial charge in [0.15, 0.2) is 11.5 Å². The predicted molar refractivity (Wildman–Crippen MR) is 80.5 cm³/mol. The fourth-order valence-corrected chi connectivity index (χ4v) is 1.92. The number of aryl methyl sites for hydroxylation is 1. The highest BCUT2D eigenvalue weighted by Crippen LogP contribution is 2.28. The Bertz CT molecular complexity index is 570. The van der Waals surface area contributed by atoms with Gasteiger partial charge in [0.2, 0.25) is 0 Å². The number of hydrogen-bond donors (Lipinski definition) is 1. The predicted octanol–water partition coefficient (Wildman–Crippen LogP) is 3.41. The van der Waals surface area contributed by atoms with Gasteiger partial charge in [-0.2, -0.15) is 0 Å². The standard InChI is InChI=1S/C16H20N2O2/c1-4-17-13-7-8-18-14(10-13)11-20-15-6-5-12(2)9-16(15)19-3/h5-10H,4,11H2,1-3H3,(H,17,18). The summed E-state index contributed by atoms with van der Waals surface area (Å²) >= 11 is 0. The lowest BCUT2D eigenvalue weighted by atomic mass is 10.2. The van der Waals surface area contributed by atoms with Crippen LogP contribution < -0.4 is 14.8 Å². The van der Waals surface area contributed by atoms with E-state index < -0.39 is 0 Å². The van der Waals surface area contributed by atoms with Crippen LogP contribution in [0.3, 0.4) is 0 Å². The quantitative estimate of drug-likeness (QED) is 0.875. The van der Waals surface area contributed by atoms with Crippen molar-refractivity contribution in [1.82, 2.24) is 4.98 Å². The third-order valence-electron chi connectivity index (χ3n) is 2.89. The molecule has 0 amide bonds. The Kier molecular flexibility index (Phi) is 4.82. The minimum Gasteiger partial charge on any atom is -0.493 e. The van der Waals surface area contributed by atoms with E-state index in [-0.39, 0.29) is 0 Å². The molecule has 106 valence electrons. The van der Waals surface area contributed by atoms with E-state index in [2.05, 4.69) is 17.2 Å². The molecule has 0 aliphatic rings. The summed E-state index contributed by atoms with van der Waals surface area (Å²) < 4.78 is 11.1. The molecule has 1 aromatic carbocycles. The van der Waals surface area contributed by atoms with Crippen molar-refractivity contribution in [2.75, 3.05) is 19.0 Å². The van der Waals surface area contributed by atoms with Crippen molar-refractivity contribution in [2.24, 2.45) is 0 Å². The molecule has 20 heavy (non-hydrogen) atoms. The number of methoxy groups -OCH3 is 1. The Morgan fingerprint density at radius 1 is 1.15 bits per heavy atom. The number of nitrogens with one attached hydrogen (secondary N) is 1. The first-order chi connectivity index (χ1) is 9.72. The van der Waals surface area contributed by atoms with Gasteiger partial charge in [-0.05, 0) is 43.7 Å². The van der Waals surface area contributed by atoms with Crippen molar-refractivity contribution < 1.29 is 9.47 Å². The lowest BCUT2D eigenvalue weighted by Crippen LogP contribution is -2.02. The molecule has 1 aromatic heterocycles. The minimum atomic E-state index is 0.415. The van der Waals surface area contributed by atoms with Crippen molar-refractivity contribution in [1.29, 1.82) is 0 Å². The smallest absolute Gasteiger partial charge is 0.161 e. The molecule has 4 nitrogen and oxygen atoms in total. The molecule has 0 aliphatic carbocycles. The van der Waals surface area contributed by atoms with E-state index in [4.69, 9.17) is 9.47 Å². The summed E-state index contributed by atoms with van der Waals surface area (Å²) in [6.07, 6.45) is 1.78. The molecule has 1 heterocycles. The molecule has 4 heteroatoms. The molecule has 0 atom stereocenters. The maximum absolute atomic E-state index is 5.79. The summed E-state index contributed by atoms with van der Waals surface area (Å²) in [5.41, 5.74) is 3.07. The van der Waals surface area contributed by atoms with Gasteiger partial charge in [0.05, 0.1) is 12.8 Å². The summed E-state index contributed by atoms with van der Waals surface area (Å²) in [7, 11) is 1.64. The van der Waals surface area contributed by atoms with Crippen LogP contribution in [0.1, 0.15) is 18.2 Å². The van der Waals surface area contributed by atoms with Gasteiger partial charge in [-0.3, -0.25) is 4.98 Å². The number of benzene rings is 1. The second kappa shape index (κ2) is 6.80. The lowest BCUT2D eigenvalue weighted by molar-refractivity contribution is 0.280. The van der Waals surface area contributed by atoms with Crippen molar-refractivity contribution in [3.8, 4) is 11.5 Å². The van der Waals surface area contributed by atoms with E-state index in [1.54, 1.807) is 13.3 Å². The first-order valence-electron chi connectivity index (χ1n) is 6.69. The van der Waals surface area contributed by atoms with E-state index in [9.17, 15) is 0 Å². The summed E-state index contributed by atoms with van der Waals surface area (Å²) in [4.78, 5) is 4.30. The number of anilines is 1.